The minimum atomic E-state index is -1.23. The van der Waals surface area contributed by atoms with E-state index in [1.54, 1.807) is 7.05 Å². The zero-order valence-electron chi connectivity index (χ0n) is 8.24. The van der Waals surface area contributed by atoms with Gasteiger partial charge in [0.2, 0.25) is 5.91 Å². The topological polar surface area (TPSA) is 60.4 Å². The zero-order valence-corrected chi connectivity index (χ0v) is 11.4. The Bertz CT molecular complexity index is 192. The molecule has 0 aliphatic rings. The maximum atomic E-state index is 10.2. The number of aliphatic carboxylic acids is 1. The van der Waals surface area contributed by atoms with Crippen LogP contribution in [0.4, 0.5) is 0 Å². The van der Waals surface area contributed by atoms with Gasteiger partial charge in [-0.15, -0.1) is 0 Å². The van der Waals surface area contributed by atoms with Gasteiger partial charge in [0.1, 0.15) is 0 Å². The van der Waals surface area contributed by atoms with Crippen LogP contribution in [0.3, 0.4) is 0 Å². The average Bonchev–Trinajstić information content (AvgIpc) is 2.04. The summed E-state index contributed by atoms with van der Waals surface area (Å²) >= 11 is 0. The summed E-state index contributed by atoms with van der Waals surface area (Å²) in [5, 5.41) is 9.14. The number of carboxylic acids is 1. The Morgan fingerprint density at radius 1 is 1.38 bits per heavy atom. The van der Waals surface area contributed by atoms with E-state index in [0.717, 1.165) is 6.08 Å². The van der Waals surface area contributed by atoms with E-state index in [1.165, 1.54) is 18.0 Å². The van der Waals surface area contributed by atoms with Crippen LogP contribution in [-0.2, 0) is 9.59 Å². The maximum absolute atomic E-state index is 10.2. The fraction of sp³-hybridized carbons (Fsp3) is 0.250. The van der Waals surface area contributed by atoms with Gasteiger partial charge in [0.25, 0.3) is 0 Å². The van der Waals surface area contributed by atoms with Gasteiger partial charge in [-0.3, -0.25) is 4.79 Å². The van der Waals surface area contributed by atoms with Crippen molar-refractivity contribution in [1.82, 2.24) is 4.90 Å². The van der Waals surface area contributed by atoms with Crippen LogP contribution in [0.1, 0.15) is 6.92 Å². The molecule has 4 nitrogen and oxygen atoms in total. The first-order valence-electron chi connectivity index (χ1n) is 3.15. The van der Waals surface area contributed by atoms with Crippen LogP contribution in [-0.4, -0.2) is 23.8 Å². The fourth-order valence-corrected chi connectivity index (χ4v) is 0.129. The number of hydrogen-bond donors (Lipinski definition) is 0. The Morgan fingerprint density at radius 2 is 1.69 bits per heavy atom. The van der Waals surface area contributed by atoms with E-state index in [9.17, 15) is 4.79 Å². The van der Waals surface area contributed by atoms with Crippen LogP contribution in [0.15, 0.2) is 25.4 Å². The van der Waals surface area contributed by atoms with Gasteiger partial charge in [0.05, 0.1) is 5.97 Å². The minimum absolute atomic E-state index is 0. The summed E-state index contributed by atoms with van der Waals surface area (Å²) in [6.07, 6.45) is 2.20. The van der Waals surface area contributed by atoms with Crippen LogP contribution in [0.5, 0.6) is 0 Å². The first-order valence-corrected chi connectivity index (χ1v) is 3.15. The largest absolute Gasteiger partial charge is 1.00 e. The third kappa shape index (κ3) is 18.8. The summed E-state index contributed by atoms with van der Waals surface area (Å²) in [7, 11) is 1.66. The molecule has 0 atom stereocenters. The average molecular weight is 209 g/mol. The number of carbonyl (C=O) groups excluding carboxylic acids is 2. The number of carboxylic acid groups (broad SMARTS) is 1. The van der Waals surface area contributed by atoms with Crippen LogP contribution in [0.25, 0.3) is 0 Å². The SMILES string of the molecule is C=CC(=O)[O-].C=CN(C)C(C)=O.[K+]. The van der Waals surface area contributed by atoms with Crippen molar-refractivity contribution in [1.29, 1.82) is 0 Å². The van der Waals surface area contributed by atoms with E-state index in [4.69, 9.17) is 9.90 Å². The molecule has 0 aromatic rings. The quantitative estimate of drug-likeness (QED) is 0.351. The van der Waals surface area contributed by atoms with E-state index in [2.05, 4.69) is 13.2 Å². The number of rotatable bonds is 2. The van der Waals surface area contributed by atoms with Crippen LogP contribution >= 0.6 is 0 Å². The summed E-state index contributed by atoms with van der Waals surface area (Å²) < 4.78 is 0. The normalized spacial score (nSPS) is 6.62. The van der Waals surface area contributed by atoms with Crippen molar-refractivity contribution in [2.45, 2.75) is 6.92 Å². The van der Waals surface area contributed by atoms with Crippen LogP contribution in [0, 0.1) is 0 Å². The van der Waals surface area contributed by atoms with E-state index in [-0.39, 0.29) is 57.3 Å². The molecule has 1 amide bonds. The molecule has 13 heavy (non-hydrogen) atoms. The van der Waals surface area contributed by atoms with Gasteiger partial charge in [0, 0.05) is 14.0 Å². The molecule has 0 saturated heterocycles. The van der Waals surface area contributed by atoms with Crippen molar-refractivity contribution < 1.29 is 66.1 Å². The molecule has 0 N–H and O–H groups in total. The molecule has 5 heteroatoms. The molecule has 0 radical (unpaired) electrons. The van der Waals surface area contributed by atoms with E-state index < -0.39 is 5.97 Å². The summed E-state index contributed by atoms with van der Waals surface area (Å²) in [6.45, 7) is 7.77. The van der Waals surface area contributed by atoms with Crippen molar-refractivity contribution >= 4 is 11.9 Å². The molecule has 0 aliphatic carbocycles. The third-order valence-electron chi connectivity index (χ3n) is 0.937. The maximum Gasteiger partial charge on any atom is 1.00 e. The van der Waals surface area contributed by atoms with Gasteiger partial charge in [-0.05, 0) is 12.3 Å². The standard InChI is InChI=1S/C5H9NO.C3H4O2.K/c1-4-6(3)5(2)7;1-2-3(4)5;/h4H,1H2,2-3H3;2H,1H2,(H,4,5);/q;;+1/p-1. The molecule has 0 rings (SSSR count). The summed E-state index contributed by atoms with van der Waals surface area (Å²) in [5.41, 5.74) is 0. The molecule has 0 fully saturated rings. The molecule has 0 aromatic heterocycles. The fourth-order valence-electron chi connectivity index (χ4n) is 0.129. The molecule has 0 saturated carbocycles. The third-order valence-corrected chi connectivity index (χ3v) is 0.937. The molecular weight excluding hydrogens is 197 g/mol. The van der Waals surface area contributed by atoms with Crippen molar-refractivity contribution in [2.75, 3.05) is 7.05 Å². The minimum Gasteiger partial charge on any atom is -0.545 e. The Kier molecular flexibility index (Phi) is 17.4. The van der Waals surface area contributed by atoms with Crippen molar-refractivity contribution in [2.24, 2.45) is 0 Å². The molecule has 0 heterocycles. The zero-order chi connectivity index (χ0) is 10.1. The molecule has 68 valence electrons. The van der Waals surface area contributed by atoms with Crippen LogP contribution in [0.2, 0.25) is 0 Å². The molecule has 0 aromatic carbocycles. The number of hydrogen-bond acceptors (Lipinski definition) is 3. The van der Waals surface area contributed by atoms with Gasteiger partial charge in [-0.2, -0.15) is 0 Å². The van der Waals surface area contributed by atoms with Gasteiger partial charge >= 0.3 is 51.4 Å². The molecule has 0 spiro atoms. The predicted molar refractivity (Wildman–Crippen MR) is 43.8 cm³/mol. The van der Waals surface area contributed by atoms with Gasteiger partial charge in [0.15, 0.2) is 0 Å². The Balaban J connectivity index is -0.000000150. The van der Waals surface area contributed by atoms with Crippen molar-refractivity contribution in [3.63, 3.8) is 0 Å². The Morgan fingerprint density at radius 3 is 1.69 bits per heavy atom. The van der Waals surface area contributed by atoms with Gasteiger partial charge < -0.3 is 14.8 Å². The second-order valence-electron chi connectivity index (χ2n) is 1.84. The summed E-state index contributed by atoms with van der Waals surface area (Å²) in [4.78, 5) is 20.8. The van der Waals surface area contributed by atoms with Crippen molar-refractivity contribution in [3.05, 3.63) is 25.4 Å². The van der Waals surface area contributed by atoms with E-state index in [1.807, 2.05) is 0 Å². The first-order chi connectivity index (χ1) is 5.45. The van der Waals surface area contributed by atoms with E-state index in [0.29, 0.717) is 0 Å². The summed E-state index contributed by atoms with van der Waals surface area (Å²) in [6, 6.07) is 0. The van der Waals surface area contributed by atoms with Gasteiger partial charge in [-0.1, -0.05) is 13.2 Å². The number of amides is 1. The summed E-state index contributed by atoms with van der Waals surface area (Å²) in [5.74, 6) is -1.22. The first kappa shape index (κ1) is 18.8. The Labute approximate surface area is 121 Å². The number of carbonyl (C=O) groups is 2. The molecule has 0 unspecified atom stereocenters. The van der Waals surface area contributed by atoms with E-state index >= 15 is 0 Å². The van der Waals surface area contributed by atoms with Gasteiger partial charge in [-0.25, -0.2) is 0 Å². The second-order valence-corrected chi connectivity index (χ2v) is 1.84. The molecule has 0 aliphatic heterocycles. The number of nitrogens with zero attached hydrogens (tertiary/aromatic N) is 1. The predicted octanol–water partition coefficient (Wildman–Crippen LogP) is -3.47. The monoisotopic (exact) mass is 209 g/mol. The molecular formula is C8H12KNO3. The molecule has 0 bridgehead atoms. The smallest absolute Gasteiger partial charge is 0.545 e. The van der Waals surface area contributed by atoms with Crippen LogP contribution < -0.4 is 56.5 Å². The second kappa shape index (κ2) is 12.1. The van der Waals surface area contributed by atoms with Crippen molar-refractivity contribution in [3.8, 4) is 0 Å². The Hall–Kier alpha value is 0.0564.